The van der Waals surface area contributed by atoms with Crippen LogP contribution in [0.2, 0.25) is 0 Å². The van der Waals surface area contributed by atoms with E-state index in [2.05, 4.69) is 18.8 Å². The van der Waals surface area contributed by atoms with Gasteiger partial charge >= 0.3 is 0 Å². The van der Waals surface area contributed by atoms with Gasteiger partial charge in [-0.3, -0.25) is 0 Å². The predicted octanol–water partition coefficient (Wildman–Crippen LogP) is 1.17. The zero-order chi connectivity index (χ0) is 9.14. The Morgan fingerprint density at radius 2 is 2.42 bits per heavy atom. The van der Waals surface area contributed by atoms with Crippen LogP contribution in [-0.4, -0.2) is 14.5 Å². The van der Waals surface area contributed by atoms with E-state index in [1.807, 2.05) is 10.8 Å². The maximum atomic E-state index is 5.48. The van der Waals surface area contributed by atoms with E-state index in [-0.39, 0.29) is 0 Å². The first-order valence-electron chi connectivity index (χ1n) is 3.92. The second kappa shape index (κ2) is 3.67. The van der Waals surface area contributed by atoms with Crippen LogP contribution in [0.25, 0.3) is 0 Å². The third-order valence-corrected chi connectivity index (χ3v) is 1.68. The fraction of sp³-hybridized carbons (Fsp3) is 0.500. The van der Waals surface area contributed by atoms with Crippen LogP contribution >= 0.6 is 12.2 Å². The molecule has 0 spiro atoms. The van der Waals surface area contributed by atoms with E-state index >= 15 is 0 Å². The lowest BCUT2D eigenvalue weighted by molar-refractivity contribution is 0.520. The van der Waals surface area contributed by atoms with E-state index in [9.17, 15) is 0 Å². The van der Waals surface area contributed by atoms with E-state index in [0.717, 1.165) is 6.54 Å². The summed E-state index contributed by atoms with van der Waals surface area (Å²) in [6.45, 7) is 5.19. The van der Waals surface area contributed by atoms with E-state index in [4.69, 9.17) is 18.0 Å². The Morgan fingerprint density at radius 3 is 2.92 bits per heavy atom. The van der Waals surface area contributed by atoms with E-state index in [1.54, 1.807) is 6.20 Å². The van der Waals surface area contributed by atoms with E-state index < -0.39 is 0 Å². The first-order chi connectivity index (χ1) is 5.61. The number of thiocarbonyl (C=S) groups is 1. The van der Waals surface area contributed by atoms with Crippen molar-refractivity contribution in [1.29, 1.82) is 0 Å². The van der Waals surface area contributed by atoms with Crippen molar-refractivity contribution in [3.63, 3.8) is 0 Å². The van der Waals surface area contributed by atoms with Crippen LogP contribution < -0.4 is 5.73 Å². The van der Waals surface area contributed by atoms with Gasteiger partial charge in [-0.1, -0.05) is 26.1 Å². The third-order valence-electron chi connectivity index (χ3n) is 1.50. The highest BCUT2D eigenvalue weighted by Gasteiger charge is 2.05. The highest BCUT2D eigenvalue weighted by Crippen LogP contribution is 2.02. The average Bonchev–Trinajstić information content (AvgIpc) is 2.33. The molecule has 0 atom stereocenters. The second-order valence-electron chi connectivity index (χ2n) is 3.16. The molecule has 12 heavy (non-hydrogen) atoms. The van der Waals surface area contributed by atoms with Gasteiger partial charge in [0.2, 0.25) is 0 Å². The molecule has 0 saturated heterocycles. The molecule has 3 nitrogen and oxygen atoms in total. The maximum Gasteiger partial charge on any atom is 0.167 e. The highest BCUT2D eigenvalue weighted by atomic mass is 32.1. The summed E-state index contributed by atoms with van der Waals surface area (Å²) in [6.07, 6.45) is 3.62. The summed E-state index contributed by atoms with van der Waals surface area (Å²) in [5.41, 5.74) is 5.48. The molecule has 0 aliphatic heterocycles. The van der Waals surface area contributed by atoms with Crippen molar-refractivity contribution in [2.24, 2.45) is 11.7 Å². The van der Waals surface area contributed by atoms with Crippen LogP contribution in [0, 0.1) is 5.92 Å². The minimum Gasteiger partial charge on any atom is -0.387 e. The van der Waals surface area contributed by atoms with Crippen molar-refractivity contribution in [1.82, 2.24) is 9.55 Å². The van der Waals surface area contributed by atoms with Crippen molar-refractivity contribution in [3.05, 3.63) is 18.2 Å². The zero-order valence-electron chi connectivity index (χ0n) is 7.32. The van der Waals surface area contributed by atoms with Crippen LogP contribution in [0.4, 0.5) is 0 Å². The molecule has 1 aromatic heterocycles. The minimum atomic E-state index is 0.362. The van der Waals surface area contributed by atoms with Crippen molar-refractivity contribution in [3.8, 4) is 0 Å². The average molecular weight is 183 g/mol. The second-order valence-corrected chi connectivity index (χ2v) is 3.60. The summed E-state index contributed by atoms with van der Waals surface area (Å²) in [5, 5.41) is 0. The monoisotopic (exact) mass is 183 g/mol. The molecule has 1 heterocycles. The molecule has 0 aromatic carbocycles. The summed E-state index contributed by atoms with van der Waals surface area (Å²) < 4.78 is 1.98. The summed E-state index contributed by atoms with van der Waals surface area (Å²) in [4.78, 5) is 4.43. The Bertz CT molecular complexity index is 278. The van der Waals surface area contributed by atoms with Gasteiger partial charge in [0.25, 0.3) is 0 Å². The lowest BCUT2D eigenvalue weighted by atomic mass is 10.2. The largest absolute Gasteiger partial charge is 0.387 e. The number of nitrogens with zero attached hydrogens (tertiary/aromatic N) is 2. The number of aromatic nitrogens is 2. The molecule has 4 heteroatoms. The van der Waals surface area contributed by atoms with Gasteiger partial charge in [0.1, 0.15) is 4.99 Å². The zero-order valence-corrected chi connectivity index (χ0v) is 8.14. The number of rotatable bonds is 3. The van der Waals surface area contributed by atoms with Crippen molar-refractivity contribution < 1.29 is 0 Å². The molecule has 66 valence electrons. The Hall–Kier alpha value is -0.900. The fourth-order valence-corrected chi connectivity index (χ4v) is 1.25. The van der Waals surface area contributed by atoms with Crippen LogP contribution in [0.5, 0.6) is 0 Å². The van der Waals surface area contributed by atoms with Gasteiger partial charge in [-0.05, 0) is 5.92 Å². The molecular weight excluding hydrogens is 170 g/mol. The Balaban J connectivity index is 2.84. The molecule has 1 rings (SSSR count). The number of nitrogens with two attached hydrogens (primary N) is 1. The Morgan fingerprint density at radius 1 is 1.75 bits per heavy atom. The number of hydrogen-bond donors (Lipinski definition) is 1. The normalized spacial score (nSPS) is 10.6. The van der Waals surface area contributed by atoms with Gasteiger partial charge in [-0.25, -0.2) is 4.98 Å². The SMILES string of the molecule is CC(C)Cn1ccnc1C(N)=S. The van der Waals surface area contributed by atoms with E-state index in [1.165, 1.54) is 0 Å². The van der Waals surface area contributed by atoms with Gasteiger partial charge in [-0.15, -0.1) is 0 Å². The lowest BCUT2D eigenvalue weighted by Crippen LogP contribution is -2.18. The minimum absolute atomic E-state index is 0.362. The molecule has 0 saturated carbocycles. The molecular formula is C8H13N3S. The summed E-state index contributed by atoms with van der Waals surface area (Å²) in [7, 11) is 0. The summed E-state index contributed by atoms with van der Waals surface area (Å²) >= 11 is 4.85. The number of imidazole rings is 1. The van der Waals surface area contributed by atoms with Crippen molar-refractivity contribution >= 4 is 17.2 Å². The van der Waals surface area contributed by atoms with Crippen molar-refractivity contribution in [2.75, 3.05) is 0 Å². The van der Waals surface area contributed by atoms with E-state index in [0.29, 0.717) is 16.7 Å². The first kappa shape index (κ1) is 9.19. The van der Waals surface area contributed by atoms with Crippen LogP contribution in [0.1, 0.15) is 19.7 Å². The lowest BCUT2D eigenvalue weighted by Gasteiger charge is -2.08. The summed E-state index contributed by atoms with van der Waals surface area (Å²) in [6, 6.07) is 0. The molecule has 0 radical (unpaired) electrons. The van der Waals surface area contributed by atoms with Crippen molar-refractivity contribution in [2.45, 2.75) is 20.4 Å². The fourth-order valence-electron chi connectivity index (χ4n) is 1.08. The number of hydrogen-bond acceptors (Lipinski definition) is 2. The molecule has 0 amide bonds. The Kier molecular flexibility index (Phi) is 2.81. The smallest absolute Gasteiger partial charge is 0.167 e. The van der Waals surface area contributed by atoms with Gasteiger partial charge in [0, 0.05) is 18.9 Å². The standard InChI is InChI=1S/C8H13N3S/c1-6(2)5-11-4-3-10-8(11)7(9)12/h3-4,6H,5H2,1-2H3,(H2,9,12). The predicted molar refractivity (Wildman–Crippen MR) is 53.0 cm³/mol. The Labute approximate surface area is 77.6 Å². The van der Waals surface area contributed by atoms with Crippen LogP contribution in [-0.2, 0) is 6.54 Å². The molecule has 1 aromatic rings. The molecule has 0 fully saturated rings. The van der Waals surface area contributed by atoms with Crippen LogP contribution in [0.15, 0.2) is 12.4 Å². The maximum absolute atomic E-state index is 5.48. The topological polar surface area (TPSA) is 43.8 Å². The van der Waals surface area contributed by atoms with Gasteiger partial charge in [0.15, 0.2) is 5.82 Å². The molecule has 0 aliphatic rings. The highest BCUT2D eigenvalue weighted by molar-refractivity contribution is 7.80. The quantitative estimate of drug-likeness (QED) is 0.715. The molecule has 0 unspecified atom stereocenters. The first-order valence-corrected chi connectivity index (χ1v) is 4.33. The third kappa shape index (κ3) is 2.04. The summed E-state index contributed by atoms with van der Waals surface area (Å²) in [5.74, 6) is 1.28. The van der Waals surface area contributed by atoms with Gasteiger partial charge in [0.05, 0.1) is 0 Å². The van der Waals surface area contributed by atoms with Gasteiger partial charge in [-0.2, -0.15) is 0 Å². The van der Waals surface area contributed by atoms with Crippen LogP contribution in [0.3, 0.4) is 0 Å². The molecule has 2 N–H and O–H groups in total. The van der Waals surface area contributed by atoms with Gasteiger partial charge < -0.3 is 10.3 Å². The molecule has 0 aliphatic carbocycles. The molecule has 0 bridgehead atoms.